The van der Waals surface area contributed by atoms with Crippen LogP contribution in [0.2, 0.25) is 5.02 Å². The predicted molar refractivity (Wildman–Crippen MR) is 114 cm³/mol. The Labute approximate surface area is 165 Å². The minimum Gasteiger partial charge on any atom is -0.361 e. The smallest absolute Gasteiger partial charge is 0.0833 e. The summed E-state index contributed by atoms with van der Waals surface area (Å²) in [4.78, 5) is 3.40. The van der Waals surface area contributed by atoms with Crippen molar-refractivity contribution in [2.75, 3.05) is 0 Å². The van der Waals surface area contributed by atoms with Crippen molar-refractivity contribution in [3.05, 3.63) is 107 Å². The van der Waals surface area contributed by atoms with E-state index in [1.807, 2.05) is 54.6 Å². The first-order valence-corrected chi connectivity index (χ1v) is 9.51. The Morgan fingerprint density at radius 3 is 2.33 bits per heavy atom. The molecule has 0 bridgehead atoms. The number of fused-ring (bicyclic) bond motifs is 1. The summed E-state index contributed by atoms with van der Waals surface area (Å²) in [7, 11) is 0. The maximum absolute atomic E-state index is 6.31. The number of rotatable bonds is 3. The molecule has 0 aliphatic carbocycles. The van der Waals surface area contributed by atoms with Crippen molar-refractivity contribution < 1.29 is 0 Å². The van der Waals surface area contributed by atoms with Gasteiger partial charge in [-0.3, -0.25) is 0 Å². The summed E-state index contributed by atoms with van der Waals surface area (Å²) in [5.41, 5.74) is 4.03. The number of aromatic nitrogens is 1. The molecule has 0 saturated heterocycles. The van der Waals surface area contributed by atoms with Crippen LogP contribution in [0.4, 0.5) is 0 Å². The van der Waals surface area contributed by atoms with Crippen LogP contribution in [0.25, 0.3) is 10.9 Å². The normalized spacial score (nSPS) is 13.0. The van der Waals surface area contributed by atoms with Crippen molar-refractivity contribution in [2.24, 2.45) is 0 Å². The van der Waals surface area contributed by atoms with E-state index >= 15 is 0 Å². The zero-order chi connectivity index (χ0) is 18.7. The number of nitrogens with one attached hydrogen (secondary N) is 1. The molecule has 0 spiro atoms. The summed E-state index contributed by atoms with van der Waals surface area (Å²) in [6.45, 7) is 2.19. The van der Waals surface area contributed by atoms with E-state index in [0.29, 0.717) is 0 Å². The van der Waals surface area contributed by atoms with Crippen LogP contribution in [0, 0.1) is 11.8 Å². The van der Waals surface area contributed by atoms with Crippen molar-refractivity contribution in [2.45, 2.75) is 18.8 Å². The van der Waals surface area contributed by atoms with E-state index in [1.165, 1.54) is 5.56 Å². The highest BCUT2D eigenvalue weighted by Gasteiger charge is 2.33. The van der Waals surface area contributed by atoms with Crippen LogP contribution in [-0.4, -0.2) is 4.98 Å². The van der Waals surface area contributed by atoms with Crippen molar-refractivity contribution in [1.29, 1.82) is 0 Å². The van der Waals surface area contributed by atoms with E-state index < -0.39 is 5.41 Å². The second kappa shape index (κ2) is 7.35. The fourth-order valence-corrected chi connectivity index (χ4v) is 3.82. The van der Waals surface area contributed by atoms with E-state index in [-0.39, 0.29) is 0 Å². The minimum absolute atomic E-state index is 0.417. The molecule has 1 heterocycles. The van der Waals surface area contributed by atoms with Crippen molar-refractivity contribution >= 4 is 22.5 Å². The Balaban J connectivity index is 1.98. The third-order valence-electron chi connectivity index (χ3n) is 5.09. The number of halogens is 1. The summed E-state index contributed by atoms with van der Waals surface area (Å²) in [6.07, 6.45) is 2.94. The van der Waals surface area contributed by atoms with Crippen LogP contribution < -0.4 is 0 Å². The molecule has 4 aromatic rings. The lowest BCUT2D eigenvalue weighted by molar-refractivity contribution is 0.646. The number of hydrogen-bond acceptors (Lipinski definition) is 0. The minimum atomic E-state index is -0.417. The molecule has 27 heavy (non-hydrogen) atoms. The van der Waals surface area contributed by atoms with Gasteiger partial charge < -0.3 is 4.98 Å². The molecule has 1 nitrogen and oxygen atoms in total. The lowest BCUT2D eigenvalue weighted by atomic mass is 9.73. The number of benzene rings is 3. The van der Waals surface area contributed by atoms with Crippen molar-refractivity contribution in [3.63, 3.8) is 0 Å². The third kappa shape index (κ3) is 3.25. The van der Waals surface area contributed by atoms with Gasteiger partial charge in [-0.1, -0.05) is 78.9 Å². The number of hydrogen-bond donors (Lipinski definition) is 1. The highest BCUT2D eigenvalue weighted by molar-refractivity contribution is 6.31. The average molecular weight is 370 g/mol. The summed E-state index contributed by atoms with van der Waals surface area (Å²) in [5, 5.41) is 1.85. The van der Waals surface area contributed by atoms with Gasteiger partial charge >= 0.3 is 0 Å². The first-order chi connectivity index (χ1) is 13.2. The SMILES string of the molecule is CCC(C#Cc1ccccc1)(c1ccccc1)c1c[nH]c2ccc(Cl)cc12. The van der Waals surface area contributed by atoms with Crippen molar-refractivity contribution in [1.82, 2.24) is 4.98 Å². The molecular weight excluding hydrogens is 350 g/mol. The quantitative estimate of drug-likeness (QED) is 0.393. The first-order valence-electron chi connectivity index (χ1n) is 9.14. The van der Waals surface area contributed by atoms with Gasteiger partial charge in [0.2, 0.25) is 0 Å². The molecule has 0 amide bonds. The molecule has 2 heteroatoms. The third-order valence-corrected chi connectivity index (χ3v) is 5.33. The zero-order valence-electron chi connectivity index (χ0n) is 15.2. The van der Waals surface area contributed by atoms with Gasteiger partial charge in [-0.15, -0.1) is 0 Å². The monoisotopic (exact) mass is 369 g/mol. The molecule has 132 valence electrons. The van der Waals surface area contributed by atoms with E-state index in [1.54, 1.807) is 0 Å². The van der Waals surface area contributed by atoms with Gasteiger partial charge in [0.1, 0.15) is 0 Å². The standard InChI is InChI=1S/C25H20ClN/c1-2-25(20-11-7-4-8-12-20,16-15-19-9-5-3-6-10-19)23-18-27-24-14-13-21(26)17-22(23)24/h3-14,17-18,27H,2H2,1H3. The van der Waals surface area contributed by atoms with Crippen LogP contribution in [0.3, 0.4) is 0 Å². The molecular formula is C25H20ClN. The van der Waals surface area contributed by atoms with Gasteiger partial charge in [0, 0.05) is 27.7 Å². The maximum Gasteiger partial charge on any atom is 0.0833 e. The Morgan fingerprint density at radius 1 is 0.926 bits per heavy atom. The second-order valence-corrected chi connectivity index (χ2v) is 7.07. The molecule has 0 fully saturated rings. The van der Waals surface area contributed by atoms with Crippen molar-refractivity contribution in [3.8, 4) is 11.8 Å². The summed E-state index contributed by atoms with van der Waals surface area (Å²) in [6, 6.07) is 26.6. The van der Waals surface area contributed by atoms with Gasteiger partial charge in [-0.05, 0) is 47.9 Å². The number of aromatic amines is 1. The molecule has 0 aliphatic rings. The molecule has 0 aliphatic heterocycles. The van der Waals surface area contributed by atoms with Gasteiger partial charge in [0.15, 0.2) is 0 Å². The largest absolute Gasteiger partial charge is 0.361 e. The molecule has 1 aromatic heterocycles. The van der Waals surface area contributed by atoms with E-state index in [0.717, 1.165) is 33.5 Å². The molecule has 1 atom stereocenters. The molecule has 0 saturated carbocycles. The Bertz CT molecular complexity index is 1120. The van der Waals surface area contributed by atoms with Crippen LogP contribution in [0.5, 0.6) is 0 Å². The fourth-order valence-electron chi connectivity index (χ4n) is 3.65. The maximum atomic E-state index is 6.31. The highest BCUT2D eigenvalue weighted by atomic mass is 35.5. The molecule has 1 unspecified atom stereocenters. The van der Waals surface area contributed by atoms with Gasteiger partial charge in [0.25, 0.3) is 0 Å². The lowest BCUT2D eigenvalue weighted by Crippen LogP contribution is -2.24. The van der Waals surface area contributed by atoms with Crippen LogP contribution in [-0.2, 0) is 5.41 Å². The fraction of sp³-hybridized carbons (Fsp3) is 0.120. The summed E-state index contributed by atoms with van der Waals surface area (Å²) in [5.74, 6) is 7.02. The molecule has 4 rings (SSSR count). The van der Waals surface area contributed by atoms with Gasteiger partial charge in [-0.25, -0.2) is 0 Å². The predicted octanol–water partition coefficient (Wildman–Crippen LogP) is 6.57. The first kappa shape index (κ1) is 17.5. The van der Waals surface area contributed by atoms with E-state index in [2.05, 4.69) is 54.2 Å². The van der Waals surface area contributed by atoms with E-state index in [4.69, 9.17) is 11.6 Å². The number of H-pyrrole nitrogens is 1. The average Bonchev–Trinajstić information content (AvgIpc) is 3.14. The summed E-state index contributed by atoms with van der Waals surface area (Å²) >= 11 is 6.31. The molecule has 3 aromatic carbocycles. The van der Waals surface area contributed by atoms with Gasteiger partial charge in [0.05, 0.1) is 5.41 Å². The van der Waals surface area contributed by atoms with E-state index in [9.17, 15) is 0 Å². The highest BCUT2D eigenvalue weighted by Crippen LogP contribution is 2.39. The topological polar surface area (TPSA) is 15.8 Å². The Morgan fingerprint density at radius 2 is 1.63 bits per heavy atom. The summed E-state index contributed by atoms with van der Waals surface area (Å²) < 4.78 is 0. The van der Waals surface area contributed by atoms with Gasteiger partial charge in [-0.2, -0.15) is 0 Å². The van der Waals surface area contributed by atoms with Crippen LogP contribution >= 0.6 is 11.6 Å². The lowest BCUT2D eigenvalue weighted by Gasteiger charge is -2.28. The van der Waals surface area contributed by atoms with Crippen LogP contribution in [0.15, 0.2) is 85.1 Å². The second-order valence-electron chi connectivity index (χ2n) is 6.63. The zero-order valence-corrected chi connectivity index (χ0v) is 15.9. The molecule has 0 radical (unpaired) electrons. The Hall–Kier alpha value is -2.95. The molecule has 1 N–H and O–H groups in total. The van der Waals surface area contributed by atoms with Crippen LogP contribution in [0.1, 0.15) is 30.0 Å². The Kier molecular flexibility index (Phi) is 4.75.